The van der Waals surface area contributed by atoms with E-state index in [1.807, 2.05) is 67.6 Å². The summed E-state index contributed by atoms with van der Waals surface area (Å²) in [5.41, 5.74) is 1.96. The molecule has 20 heavy (non-hydrogen) atoms. The topological polar surface area (TPSA) is 27.7 Å². The average Bonchev–Trinajstić information content (AvgIpc) is 2.93. The molecular weight excluding hydrogens is 252 g/mol. The van der Waals surface area contributed by atoms with Crippen molar-refractivity contribution >= 4 is 11.5 Å². The van der Waals surface area contributed by atoms with Gasteiger partial charge < -0.3 is 14.2 Å². The predicted molar refractivity (Wildman–Crippen MR) is 77.3 cm³/mol. The van der Waals surface area contributed by atoms with Gasteiger partial charge >= 0.3 is 6.48 Å². The van der Waals surface area contributed by atoms with Gasteiger partial charge in [0, 0.05) is 11.1 Å². The third-order valence-corrected chi connectivity index (χ3v) is 3.01. The van der Waals surface area contributed by atoms with Crippen LogP contribution in [0, 0.1) is 0 Å². The van der Waals surface area contributed by atoms with Gasteiger partial charge in [-0.15, -0.1) is 0 Å². The minimum atomic E-state index is -0.676. The second-order valence-corrected chi connectivity index (χ2v) is 4.37. The first-order valence-corrected chi connectivity index (χ1v) is 6.68. The van der Waals surface area contributed by atoms with Crippen LogP contribution in [0.15, 0.2) is 60.7 Å². The van der Waals surface area contributed by atoms with Crippen molar-refractivity contribution in [3.63, 3.8) is 0 Å². The first kappa shape index (κ1) is 12.8. The van der Waals surface area contributed by atoms with Crippen molar-refractivity contribution in [2.45, 2.75) is 13.4 Å². The van der Waals surface area contributed by atoms with Gasteiger partial charge in [-0.1, -0.05) is 60.7 Å². The molecule has 0 bridgehead atoms. The smallest absolute Gasteiger partial charge is 0.361 e. The highest BCUT2D eigenvalue weighted by atomic mass is 16.9. The first-order chi connectivity index (χ1) is 9.88. The van der Waals surface area contributed by atoms with Crippen LogP contribution < -0.4 is 0 Å². The molecule has 0 spiro atoms. The van der Waals surface area contributed by atoms with Crippen LogP contribution in [-0.4, -0.2) is 13.1 Å². The second kappa shape index (κ2) is 5.80. The maximum atomic E-state index is 5.79. The van der Waals surface area contributed by atoms with E-state index >= 15 is 0 Å². The Kier molecular flexibility index (Phi) is 3.70. The molecule has 0 atom stereocenters. The maximum Gasteiger partial charge on any atom is 0.361 e. The summed E-state index contributed by atoms with van der Waals surface area (Å²) >= 11 is 0. The highest BCUT2D eigenvalue weighted by Gasteiger charge is 2.29. The van der Waals surface area contributed by atoms with Crippen LogP contribution in [0.2, 0.25) is 0 Å². The molecule has 0 aliphatic carbocycles. The van der Waals surface area contributed by atoms with Crippen LogP contribution in [0.3, 0.4) is 0 Å². The zero-order valence-corrected chi connectivity index (χ0v) is 11.3. The fourth-order valence-corrected chi connectivity index (χ4v) is 2.10. The molecule has 3 rings (SSSR count). The molecule has 0 unspecified atom stereocenters. The standard InChI is InChI=1S/C17H16O3/c1-2-18-17-19-15(13-9-5-3-6-10-13)16(20-17)14-11-7-4-8-12-14/h3-12,17H,2H2,1H3. The number of hydrogen-bond acceptors (Lipinski definition) is 3. The summed E-state index contributed by atoms with van der Waals surface area (Å²) in [6.45, 7) is 1.77. The quantitative estimate of drug-likeness (QED) is 0.842. The fraction of sp³-hybridized carbons (Fsp3) is 0.176. The van der Waals surface area contributed by atoms with Crippen LogP contribution in [0.1, 0.15) is 18.1 Å². The zero-order chi connectivity index (χ0) is 13.8. The summed E-state index contributed by atoms with van der Waals surface area (Å²) in [5, 5.41) is 0. The van der Waals surface area contributed by atoms with Crippen molar-refractivity contribution in [3.8, 4) is 0 Å². The number of ether oxygens (including phenoxy) is 3. The van der Waals surface area contributed by atoms with E-state index in [2.05, 4.69) is 0 Å². The van der Waals surface area contributed by atoms with Gasteiger partial charge in [0.1, 0.15) is 0 Å². The molecule has 1 aliphatic heterocycles. The lowest BCUT2D eigenvalue weighted by molar-refractivity contribution is -0.206. The van der Waals surface area contributed by atoms with E-state index < -0.39 is 6.48 Å². The second-order valence-electron chi connectivity index (χ2n) is 4.37. The highest BCUT2D eigenvalue weighted by Crippen LogP contribution is 2.36. The monoisotopic (exact) mass is 268 g/mol. The van der Waals surface area contributed by atoms with E-state index in [0.29, 0.717) is 6.61 Å². The number of rotatable bonds is 4. The normalized spacial score (nSPS) is 15.1. The van der Waals surface area contributed by atoms with Gasteiger partial charge in [-0.05, 0) is 6.92 Å². The number of hydrogen-bond donors (Lipinski definition) is 0. The van der Waals surface area contributed by atoms with Gasteiger partial charge in [0.2, 0.25) is 0 Å². The Morgan fingerprint density at radius 1 is 0.800 bits per heavy atom. The van der Waals surface area contributed by atoms with Gasteiger partial charge in [-0.2, -0.15) is 0 Å². The summed E-state index contributed by atoms with van der Waals surface area (Å²) < 4.78 is 17.0. The van der Waals surface area contributed by atoms with Gasteiger partial charge in [0.25, 0.3) is 0 Å². The van der Waals surface area contributed by atoms with Crippen molar-refractivity contribution < 1.29 is 14.2 Å². The highest BCUT2D eigenvalue weighted by molar-refractivity contribution is 5.85. The van der Waals surface area contributed by atoms with Crippen molar-refractivity contribution in [3.05, 3.63) is 71.8 Å². The SMILES string of the molecule is CCOC1OC(c2ccccc2)=C(c2ccccc2)O1. The summed E-state index contributed by atoms with van der Waals surface area (Å²) in [6, 6.07) is 19.8. The van der Waals surface area contributed by atoms with Gasteiger partial charge in [-0.25, -0.2) is 0 Å². The molecule has 0 aromatic heterocycles. The van der Waals surface area contributed by atoms with Crippen LogP contribution in [-0.2, 0) is 14.2 Å². The molecule has 2 aromatic carbocycles. The lowest BCUT2D eigenvalue weighted by Gasteiger charge is -2.10. The van der Waals surface area contributed by atoms with Crippen LogP contribution in [0.25, 0.3) is 11.5 Å². The third kappa shape index (κ3) is 2.53. The average molecular weight is 268 g/mol. The van der Waals surface area contributed by atoms with E-state index in [4.69, 9.17) is 14.2 Å². The Balaban J connectivity index is 2.00. The van der Waals surface area contributed by atoms with E-state index in [1.165, 1.54) is 0 Å². The Bertz CT molecular complexity index is 539. The fourth-order valence-electron chi connectivity index (χ4n) is 2.10. The molecule has 1 aliphatic rings. The zero-order valence-electron chi connectivity index (χ0n) is 11.3. The molecule has 3 nitrogen and oxygen atoms in total. The Labute approximate surface area is 118 Å². The van der Waals surface area contributed by atoms with Crippen molar-refractivity contribution in [1.82, 2.24) is 0 Å². The van der Waals surface area contributed by atoms with Crippen LogP contribution >= 0.6 is 0 Å². The van der Waals surface area contributed by atoms with Crippen molar-refractivity contribution in [2.75, 3.05) is 6.61 Å². The van der Waals surface area contributed by atoms with E-state index in [-0.39, 0.29) is 0 Å². The molecule has 102 valence electrons. The molecule has 0 radical (unpaired) electrons. The van der Waals surface area contributed by atoms with E-state index in [0.717, 1.165) is 22.6 Å². The van der Waals surface area contributed by atoms with E-state index in [9.17, 15) is 0 Å². The maximum absolute atomic E-state index is 5.79. The molecule has 2 aromatic rings. The molecule has 0 saturated heterocycles. The van der Waals surface area contributed by atoms with E-state index in [1.54, 1.807) is 0 Å². The first-order valence-electron chi connectivity index (χ1n) is 6.68. The number of benzene rings is 2. The summed E-state index contributed by atoms with van der Waals surface area (Å²) in [4.78, 5) is 0. The minimum absolute atomic E-state index is 0.537. The van der Waals surface area contributed by atoms with Crippen molar-refractivity contribution in [2.24, 2.45) is 0 Å². The van der Waals surface area contributed by atoms with Gasteiger partial charge in [0.05, 0.1) is 6.61 Å². The molecule has 1 heterocycles. The Hall–Kier alpha value is -2.26. The molecule has 3 heteroatoms. The van der Waals surface area contributed by atoms with Gasteiger partial charge in [0.15, 0.2) is 11.5 Å². The van der Waals surface area contributed by atoms with Crippen LogP contribution in [0.5, 0.6) is 0 Å². The summed E-state index contributed by atoms with van der Waals surface area (Å²) in [6.07, 6.45) is 0. The molecule has 0 saturated carbocycles. The van der Waals surface area contributed by atoms with Crippen LogP contribution in [0.4, 0.5) is 0 Å². The lowest BCUT2D eigenvalue weighted by Crippen LogP contribution is -2.13. The Morgan fingerprint density at radius 2 is 1.25 bits per heavy atom. The van der Waals surface area contributed by atoms with Gasteiger partial charge in [-0.3, -0.25) is 0 Å². The van der Waals surface area contributed by atoms with Crippen molar-refractivity contribution in [1.29, 1.82) is 0 Å². The molecular formula is C17H16O3. The largest absolute Gasteiger partial charge is 0.428 e. The predicted octanol–water partition coefficient (Wildman–Crippen LogP) is 3.88. The molecule has 0 amide bonds. The Morgan fingerprint density at radius 3 is 1.65 bits per heavy atom. The summed E-state index contributed by atoms with van der Waals surface area (Å²) in [5.74, 6) is 1.44. The molecule has 0 N–H and O–H groups in total. The third-order valence-electron chi connectivity index (χ3n) is 3.01. The molecule has 0 fully saturated rings. The lowest BCUT2D eigenvalue weighted by atomic mass is 10.1. The summed E-state index contributed by atoms with van der Waals surface area (Å²) in [7, 11) is 0. The minimum Gasteiger partial charge on any atom is -0.428 e.